The Labute approximate surface area is 215 Å². The molecule has 0 spiro atoms. The van der Waals surface area contributed by atoms with Crippen LogP contribution in [-0.2, 0) is 14.4 Å². The van der Waals surface area contributed by atoms with E-state index in [1.165, 1.54) is 17.0 Å². The number of carboxylic acid groups (broad SMARTS) is 1. The highest BCUT2D eigenvalue weighted by molar-refractivity contribution is 6.00. The second kappa shape index (κ2) is 12.5. The van der Waals surface area contributed by atoms with E-state index >= 15 is 0 Å². The Balaban J connectivity index is 2.20. The molecule has 10 nitrogen and oxygen atoms in total. The number of benzene rings is 2. The van der Waals surface area contributed by atoms with Crippen LogP contribution in [0.25, 0.3) is 6.08 Å². The SMILES string of the molecule is CCN(C(=O)C(C)=Cc1ccc(C(=O)Oc2ccc(C(=N)N)cc2)cc1)[C@@](CC)(CCC(N)=O)C(=O)O. The molecular formula is C27H32N4O6. The molecule has 0 saturated heterocycles. The standard InChI is InChI=1S/C27H32N4O6/c1-4-27(26(35)36,15-14-22(28)32)31(5-2)24(33)17(3)16-18-6-8-20(9-7-18)25(34)37-21-12-10-19(11-13-21)23(29)30/h6-13,16H,4-5,14-15H2,1-3H3,(H2,28,32)(H3,29,30)(H,35,36)/t27-/m0/s1. The number of likely N-dealkylation sites (N-methyl/N-ethyl adjacent to an activating group) is 1. The van der Waals surface area contributed by atoms with E-state index in [1.807, 2.05) is 0 Å². The normalized spacial score (nSPS) is 12.8. The first-order valence-electron chi connectivity index (χ1n) is 11.7. The molecule has 1 atom stereocenters. The second-order valence-corrected chi connectivity index (χ2v) is 8.48. The fourth-order valence-corrected chi connectivity index (χ4v) is 3.96. The molecule has 2 aromatic carbocycles. The number of carbonyl (C=O) groups is 4. The highest BCUT2D eigenvalue weighted by Gasteiger charge is 2.44. The van der Waals surface area contributed by atoms with Gasteiger partial charge >= 0.3 is 11.9 Å². The van der Waals surface area contributed by atoms with E-state index in [2.05, 4.69) is 0 Å². The smallest absolute Gasteiger partial charge is 0.343 e. The molecule has 0 aliphatic carbocycles. The van der Waals surface area contributed by atoms with Gasteiger partial charge in [0.05, 0.1) is 5.56 Å². The molecule has 0 bridgehead atoms. The lowest BCUT2D eigenvalue weighted by Gasteiger charge is -2.39. The third-order valence-electron chi connectivity index (χ3n) is 6.09. The lowest BCUT2D eigenvalue weighted by atomic mass is 9.87. The number of carbonyl (C=O) groups excluding carboxylic acids is 3. The Morgan fingerprint density at radius 1 is 1.00 bits per heavy atom. The van der Waals surface area contributed by atoms with Crippen molar-refractivity contribution in [3.8, 4) is 5.75 Å². The molecule has 10 heteroatoms. The predicted octanol–water partition coefficient (Wildman–Crippen LogP) is 2.94. The fourth-order valence-electron chi connectivity index (χ4n) is 3.96. The number of ether oxygens (including phenoxy) is 1. The van der Waals surface area contributed by atoms with Crippen LogP contribution in [0.1, 0.15) is 61.5 Å². The Bertz CT molecular complexity index is 1200. The van der Waals surface area contributed by atoms with Crippen LogP contribution < -0.4 is 16.2 Å². The average molecular weight is 509 g/mol. The van der Waals surface area contributed by atoms with Gasteiger partial charge in [0.2, 0.25) is 11.8 Å². The van der Waals surface area contributed by atoms with Crippen molar-refractivity contribution in [1.82, 2.24) is 4.90 Å². The Hall–Kier alpha value is -4.47. The van der Waals surface area contributed by atoms with Crippen LogP contribution in [0.15, 0.2) is 54.1 Å². The Kier molecular flexibility index (Phi) is 9.70. The van der Waals surface area contributed by atoms with Crippen LogP contribution in [0.4, 0.5) is 0 Å². The maximum absolute atomic E-state index is 13.3. The Morgan fingerprint density at radius 3 is 2.03 bits per heavy atom. The molecule has 2 amide bonds. The largest absolute Gasteiger partial charge is 0.479 e. The topological polar surface area (TPSA) is 177 Å². The molecule has 0 aliphatic rings. The number of amidine groups is 1. The first kappa shape index (κ1) is 28.8. The van der Waals surface area contributed by atoms with Gasteiger partial charge in [0.15, 0.2) is 0 Å². The molecule has 2 rings (SSSR count). The zero-order valence-electron chi connectivity index (χ0n) is 21.1. The van der Waals surface area contributed by atoms with E-state index < -0.39 is 29.3 Å². The van der Waals surface area contributed by atoms with E-state index in [9.17, 15) is 24.3 Å². The first-order chi connectivity index (χ1) is 17.4. The lowest BCUT2D eigenvalue weighted by Crippen LogP contribution is -2.57. The number of hydrogen-bond donors (Lipinski definition) is 4. The Morgan fingerprint density at radius 2 is 1.57 bits per heavy atom. The number of nitrogens with zero attached hydrogens (tertiary/aromatic N) is 1. The van der Waals surface area contributed by atoms with E-state index in [1.54, 1.807) is 63.2 Å². The van der Waals surface area contributed by atoms with Crippen LogP contribution in [0.5, 0.6) is 5.75 Å². The lowest BCUT2D eigenvalue weighted by molar-refractivity contribution is -0.159. The minimum absolute atomic E-state index is 0.0880. The van der Waals surface area contributed by atoms with Crippen LogP contribution in [-0.4, -0.2) is 51.7 Å². The van der Waals surface area contributed by atoms with Gasteiger partial charge in [-0.05, 0) is 74.7 Å². The third kappa shape index (κ3) is 7.03. The molecule has 2 aromatic rings. The molecule has 0 unspecified atom stereocenters. The highest BCUT2D eigenvalue weighted by Crippen LogP contribution is 2.28. The minimum Gasteiger partial charge on any atom is -0.479 e. The van der Waals surface area contributed by atoms with Crippen molar-refractivity contribution in [1.29, 1.82) is 5.41 Å². The molecular weight excluding hydrogens is 476 g/mol. The van der Waals surface area contributed by atoms with Gasteiger partial charge in [0, 0.05) is 24.1 Å². The maximum Gasteiger partial charge on any atom is 0.343 e. The zero-order valence-corrected chi connectivity index (χ0v) is 21.1. The van der Waals surface area contributed by atoms with Gasteiger partial charge in [-0.3, -0.25) is 15.0 Å². The van der Waals surface area contributed by atoms with Crippen LogP contribution in [0, 0.1) is 5.41 Å². The number of rotatable bonds is 12. The van der Waals surface area contributed by atoms with E-state index in [0.717, 1.165) is 0 Å². The zero-order chi connectivity index (χ0) is 27.8. The molecule has 6 N–H and O–H groups in total. The molecule has 0 heterocycles. The quantitative estimate of drug-likeness (QED) is 0.112. The van der Waals surface area contributed by atoms with Crippen LogP contribution in [0.3, 0.4) is 0 Å². The number of aliphatic carboxylic acids is 1. The number of carboxylic acids is 1. The number of esters is 1. The monoisotopic (exact) mass is 508 g/mol. The molecule has 0 saturated carbocycles. The van der Waals surface area contributed by atoms with Gasteiger partial charge in [-0.25, -0.2) is 9.59 Å². The van der Waals surface area contributed by atoms with E-state index in [-0.39, 0.29) is 37.2 Å². The van der Waals surface area contributed by atoms with E-state index in [0.29, 0.717) is 22.4 Å². The number of nitrogens with two attached hydrogens (primary N) is 2. The summed E-state index contributed by atoms with van der Waals surface area (Å²) in [5, 5.41) is 17.4. The van der Waals surface area contributed by atoms with Crippen molar-refractivity contribution in [2.75, 3.05) is 6.54 Å². The van der Waals surface area contributed by atoms with Gasteiger partial charge in [0.25, 0.3) is 0 Å². The van der Waals surface area contributed by atoms with Crippen LogP contribution >= 0.6 is 0 Å². The number of nitrogens with one attached hydrogen (secondary N) is 1. The minimum atomic E-state index is -1.56. The van der Waals surface area contributed by atoms with Crippen molar-refractivity contribution in [2.45, 2.75) is 45.6 Å². The molecule has 0 aliphatic heterocycles. The summed E-state index contributed by atoms with van der Waals surface area (Å²) < 4.78 is 5.34. The fraction of sp³-hybridized carbons (Fsp3) is 0.296. The van der Waals surface area contributed by atoms with Crippen molar-refractivity contribution >= 4 is 35.7 Å². The summed E-state index contributed by atoms with van der Waals surface area (Å²) in [6, 6.07) is 12.6. The maximum atomic E-state index is 13.3. The molecule has 37 heavy (non-hydrogen) atoms. The van der Waals surface area contributed by atoms with Crippen molar-refractivity contribution in [3.63, 3.8) is 0 Å². The summed E-state index contributed by atoms with van der Waals surface area (Å²) in [5.41, 5.74) is 10.8. The van der Waals surface area contributed by atoms with Gasteiger partial charge in [-0.1, -0.05) is 19.1 Å². The molecule has 0 aromatic heterocycles. The molecule has 196 valence electrons. The number of amides is 2. The summed E-state index contributed by atoms with van der Waals surface area (Å²) >= 11 is 0. The number of hydrogen-bond acceptors (Lipinski definition) is 6. The summed E-state index contributed by atoms with van der Waals surface area (Å²) in [7, 11) is 0. The number of nitrogen functional groups attached to an aromatic ring is 1. The third-order valence-corrected chi connectivity index (χ3v) is 6.09. The summed E-state index contributed by atoms with van der Waals surface area (Å²) in [6.45, 7) is 5.03. The summed E-state index contributed by atoms with van der Waals surface area (Å²) in [4.78, 5) is 50.5. The van der Waals surface area contributed by atoms with E-state index in [4.69, 9.17) is 21.6 Å². The second-order valence-electron chi connectivity index (χ2n) is 8.48. The average Bonchev–Trinajstić information content (AvgIpc) is 2.86. The first-order valence-corrected chi connectivity index (χ1v) is 11.7. The van der Waals surface area contributed by atoms with Gasteiger partial charge in [0.1, 0.15) is 17.1 Å². The predicted molar refractivity (Wildman–Crippen MR) is 139 cm³/mol. The van der Waals surface area contributed by atoms with Crippen molar-refractivity contribution < 1.29 is 29.0 Å². The molecule has 0 fully saturated rings. The highest BCUT2D eigenvalue weighted by atomic mass is 16.5. The van der Waals surface area contributed by atoms with Gasteiger partial charge in [-0.2, -0.15) is 0 Å². The van der Waals surface area contributed by atoms with Gasteiger partial charge < -0.3 is 26.2 Å². The van der Waals surface area contributed by atoms with Crippen molar-refractivity contribution in [3.05, 3.63) is 70.8 Å². The van der Waals surface area contributed by atoms with Crippen molar-refractivity contribution in [2.24, 2.45) is 11.5 Å². The summed E-state index contributed by atoms with van der Waals surface area (Å²) in [6.07, 6.45) is 1.45. The van der Waals surface area contributed by atoms with Crippen LogP contribution in [0.2, 0.25) is 0 Å². The summed E-state index contributed by atoms with van der Waals surface area (Å²) in [5.74, 6) is -2.69. The van der Waals surface area contributed by atoms with Gasteiger partial charge in [-0.15, -0.1) is 0 Å². The number of primary amides is 1. The molecule has 0 radical (unpaired) electrons.